The summed E-state index contributed by atoms with van der Waals surface area (Å²) in [5.41, 5.74) is 7.12. The van der Waals surface area contributed by atoms with E-state index in [2.05, 4.69) is 43.3 Å². The Hall–Kier alpha value is -3.21. The van der Waals surface area contributed by atoms with Crippen LogP contribution in [0.15, 0.2) is 54.9 Å². The van der Waals surface area contributed by atoms with Crippen molar-refractivity contribution < 1.29 is 4.74 Å². The van der Waals surface area contributed by atoms with Crippen LogP contribution in [0, 0.1) is 0 Å². The van der Waals surface area contributed by atoms with Crippen LogP contribution in [-0.4, -0.2) is 26.2 Å². The lowest BCUT2D eigenvalue weighted by atomic mass is 9.68. The van der Waals surface area contributed by atoms with Gasteiger partial charge in [0.1, 0.15) is 12.1 Å². The molecular formula is C28H30N4O. The van der Waals surface area contributed by atoms with Crippen molar-refractivity contribution in [3.05, 3.63) is 66.0 Å². The first kappa shape index (κ1) is 20.4. The minimum absolute atomic E-state index is 0.119. The largest absolute Gasteiger partial charge is 0.494 e. The number of nitrogens with zero attached hydrogens (tertiary/aromatic N) is 4. The standard InChI is InChI=1S/C28H30N4O/c1-2-3-8-16-33-22-12-9-11-20(17-22)26-30-27-24-25(29-19-32(27)31-26)23-13-5-4-10-21(23)18-28(24)14-6-7-15-28/h4-5,9-13,17,19H,2-3,6-8,14-16,18H2,1H3. The molecule has 0 saturated heterocycles. The smallest absolute Gasteiger partial charge is 0.182 e. The molecule has 0 atom stereocenters. The molecule has 0 aliphatic heterocycles. The molecule has 2 aliphatic rings. The molecule has 2 aliphatic carbocycles. The van der Waals surface area contributed by atoms with Gasteiger partial charge in [0.15, 0.2) is 11.5 Å². The van der Waals surface area contributed by atoms with Crippen LogP contribution in [0.25, 0.3) is 28.3 Å². The van der Waals surface area contributed by atoms with E-state index in [0.29, 0.717) is 0 Å². The molecule has 1 spiro atoms. The third-order valence-electron chi connectivity index (χ3n) is 7.39. The van der Waals surface area contributed by atoms with Crippen LogP contribution < -0.4 is 4.74 Å². The highest BCUT2D eigenvalue weighted by Gasteiger charge is 2.43. The maximum Gasteiger partial charge on any atom is 0.182 e. The van der Waals surface area contributed by atoms with Crippen LogP contribution in [0.3, 0.4) is 0 Å². The van der Waals surface area contributed by atoms with E-state index >= 15 is 0 Å². The molecule has 0 N–H and O–H groups in total. The summed E-state index contributed by atoms with van der Waals surface area (Å²) >= 11 is 0. The molecule has 2 aromatic carbocycles. The molecule has 5 heteroatoms. The lowest BCUT2D eigenvalue weighted by Gasteiger charge is -2.36. The predicted molar refractivity (Wildman–Crippen MR) is 131 cm³/mol. The van der Waals surface area contributed by atoms with E-state index in [-0.39, 0.29) is 5.41 Å². The van der Waals surface area contributed by atoms with Gasteiger partial charge in [0, 0.05) is 22.1 Å². The van der Waals surface area contributed by atoms with Gasteiger partial charge in [-0.25, -0.2) is 14.5 Å². The first-order valence-electron chi connectivity index (χ1n) is 12.3. The third-order valence-corrected chi connectivity index (χ3v) is 7.39. The van der Waals surface area contributed by atoms with E-state index in [1.54, 1.807) is 0 Å². The first-order chi connectivity index (χ1) is 16.3. The Morgan fingerprint density at radius 2 is 1.91 bits per heavy atom. The molecule has 6 rings (SSSR count). The highest BCUT2D eigenvalue weighted by Crippen LogP contribution is 2.52. The van der Waals surface area contributed by atoms with Gasteiger partial charge in [0.05, 0.1) is 12.3 Å². The van der Waals surface area contributed by atoms with E-state index < -0.39 is 0 Å². The molecular weight excluding hydrogens is 408 g/mol. The summed E-state index contributed by atoms with van der Waals surface area (Å²) < 4.78 is 7.86. The molecule has 1 saturated carbocycles. The Balaban J connectivity index is 1.43. The summed E-state index contributed by atoms with van der Waals surface area (Å²) in [4.78, 5) is 10.0. The summed E-state index contributed by atoms with van der Waals surface area (Å²) in [5.74, 6) is 1.61. The predicted octanol–water partition coefficient (Wildman–Crippen LogP) is 6.40. The zero-order valence-corrected chi connectivity index (χ0v) is 19.3. The summed E-state index contributed by atoms with van der Waals surface area (Å²) in [7, 11) is 0. The molecule has 168 valence electrons. The quantitative estimate of drug-likeness (QED) is 0.327. The van der Waals surface area contributed by atoms with Gasteiger partial charge < -0.3 is 4.74 Å². The fourth-order valence-corrected chi connectivity index (χ4v) is 5.78. The van der Waals surface area contributed by atoms with Crippen molar-refractivity contribution in [3.63, 3.8) is 0 Å². The maximum absolute atomic E-state index is 5.98. The molecule has 5 nitrogen and oxygen atoms in total. The van der Waals surface area contributed by atoms with E-state index in [0.717, 1.165) is 47.9 Å². The third kappa shape index (κ3) is 3.50. The first-order valence-corrected chi connectivity index (χ1v) is 12.3. The number of hydrogen-bond acceptors (Lipinski definition) is 4. The zero-order valence-electron chi connectivity index (χ0n) is 19.3. The fourth-order valence-electron chi connectivity index (χ4n) is 5.78. The Morgan fingerprint density at radius 1 is 1.03 bits per heavy atom. The van der Waals surface area contributed by atoms with E-state index in [1.807, 2.05) is 23.0 Å². The summed E-state index contributed by atoms with van der Waals surface area (Å²) in [6.07, 6.45) is 11.3. The van der Waals surface area contributed by atoms with Crippen molar-refractivity contribution in [2.24, 2.45) is 0 Å². The number of unbranched alkanes of at least 4 members (excludes halogenated alkanes) is 2. The maximum atomic E-state index is 5.98. The number of benzene rings is 2. The molecule has 33 heavy (non-hydrogen) atoms. The number of fused-ring (bicyclic) bond motifs is 6. The number of aromatic nitrogens is 4. The van der Waals surface area contributed by atoms with Gasteiger partial charge in [-0.05, 0) is 43.4 Å². The van der Waals surface area contributed by atoms with Crippen molar-refractivity contribution >= 4 is 5.65 Å². The Bertz CT molecular complexity index is 1300. The van der Waals surface area contributed by atoms with E-state index in [9.17, 15) is 0 Å². The van der Waals surface area contributed by atoms with Crippen molar-refractivity contribution in [1.29, 1.82) is 0 Å². The summed E-state index contributed by atoms with van der Waals surface area (Å²) in [5, 5.41) is 4.84. The van der Waals surface area contributed by atoms with Gasteiger partial charge >= 0.3 is 0 Å². The second-order valence-corrected chi connectivity index (χ2v) is 9.58. The SMILES string of the molecule is CCCCCOc1cccc(-c2nc3c4c(ncn3n2)-c2ccccc2CC42CCCC2)c1. The highest BCUT2D eigenvalue weighted by atomic mass is 16.5. The van der Waals surface area contributed by atoms with Gasteiger partial charge in [-0.1, -0.05) is 69.0 Å². The number of rotatable bonds is 6. The molecule has 2 aromatic heterocycles. The molecule has 0 amide bonds. The molecule has 4 aromatic rings. The molecule has 0 unspecified atom stereocenters. The van der Waals surface area contributed by atoms with Gasteiger partial charge in [-0.3, -0.25) is 0 Å². The van der Waals surface area contributed by atoms with Crippen LogP contribution in [0.4, 0.5) is 0 Å². The van der Waals surface area contributed by atoms with Crippen LogP contribution in [0.1, 0.15) is 63.0 Å². The molecule has 0 bridgehead atoms. The monoisotopic (exact) mass is 438 g/mol. The Morgan fingerprint density at radius 3 is 2.79 bits per heavy atom. The van der Waals surface area contributed by atoms with Crippen molar-refractivity contribution in [1.82, 2.24) is 19.6 Å². The van der Waals surface area contributed by atoms with Crippen molar-refractivity contribution in [3.8, 4) is 28.4 Å². The Kier molecular flexibility index (Phi) is 5.12. The van der Waals surface area contributed by atoms with E-state index in [4.69, 9.17) is 19.8 Å². The number of ether oxygens (including phenoxy) is 1. The molecule has 2 heterocycles. The molecule has 1 fully saturated rings. The second kappa shape index (κ2) is 8.29. The molecule has 0 radical (unpaired) electrons. The van der Waals surface area contributed by atoms with Crippen LogP contribution in [0.5, 0.6) is 5.75 Å². The van der Waals surface area contributed by atoms with Crippen LogP contribution >= 0.6 is 0 Å². The van der Waals surface area contributed by atoms with E-state index in [1.165, 1.54) is 55.2 Å². The topological polar surface area (TPSA) is 52.3 Å². The van der Waals surface area contributed by atoms with Crippen LogP contribution in [0.2, 0.25) is 0 Å². The number of hydrogen-bond donors (Lipinski definition) is 0. The zero-order chi connectivity index (χ0) is 22.3. The van der Waals surface area contributed by atoms with Gasteiger partial charge in [0.25, 0.3) is 0 Å². The van der Waals surface area contributed by atoms with Crippen molar-refractivity contribution in [2.75, 3.05) is 6.61 Å². The van der Waals surface area contributed by atoms with Crippen LogP contribution in [-0.2, 0) is 11.8 Å². The normalized spacial score (nSPS) is 16.2. The highest BCUT2D eigenvalue weighted by molar-refractivity contribution is 5.78. The average Bonchev–Trinajstić information content (AvgIpc) is 3.49. The summed E-state index contributed by atoms with van der Waals surface area (Å²) in [6.45, 7) is 2.95. The average molecular weight is 439 g/mol. The Labute approximate surface area is 194 Å². The lowest BCUT2D eigenvalue weighted by molar-refractivity contribution is 0.306. The van der Waals surface area contributed by atoms with Crippen molar-refractivity contribution in [2.45, 2.75) is 63.7 Å². The lowest BCUT2D eigenvalue weighted by Crippen LogP contribution is -2.31. The fraction of sp³-hybridized carbons (Fsp3) is 0.393. The second-order valence-electron chi connectivity index (χ2n) is 9.58. The minimum atomic E-state index is 0.119. The minimum Gasteiger partial charge on any atom is -0.494 e. The van der Waals surface area contributed by atoms with Gasteiger partial charge in [-0.2, -0.15) is 0 Å². The van der Waals surface area contributed by atoms with Gasteiger partial charge in [-0.15, -0.1) is 5.10 Å². The summed E-state index contributed by atoms with van der Waals surface area (Å²) in [6, 6.07) is 16.9. The van der Waals surface area contributed by atoms with Gasteiger partial charge in [0.2, 0.25) is 0 Å².